The van der Waals surface area contributed by atoms with Gasteiger partial charge in [-0.3, -0.25) is 14.2 Å². The van der Waals surface area contributed by atoms with Crippen molar-refractivity contribution in [2.45, 2.75) is 31.5 Å². The van der Waals surface area contributed by atoms with Crippen LogP contribution in [-0.4, -0.2) is 42.0 Å². The maximum Gasteiger partial charge on any atom is 0.262 e. The molecule has 0 spiro atoms. The first-order chi connectivity index (χ1) is 15.5. The third-order valence-electron chi connectivity index (χ3n) is 4.86. The van der Waals surface area contributed by atoms with Gasteiger partial charge in [-0.2, -0.15) is 0 Å². The molecule has 0 aliphatic carbocycles. The first-order valence-corrected chi connectivity index (χ1v) is 11.6. The van der Waals surface area contributed by atoms with Gasteiger partial charge >= 0.3 is 0 Å². The zero-order chi connectivity index (χ0) is 23.1. The third kappa shape index (κ3) is 5.75. The zero-order valence-electron chi connectivity index (χ0n) is 18.3. The average Bonchev–Trinajstić information content (AvgIpc) is 2.80. The van der Waals surface area contributed by atoms with Gasteiger partial charge in [-0.25, -0.2) is 4.98 Å². The summed E-state index contributed by atoms with van der Waals surface area (Å²) in [4.78, 5) is 30.3. The highest BCUT2D eigenvalue weighted by molar-refractivity contribution is 7.99. The van der Waals surface area contributed by atoms with Gasteiger partial charge in [-0.1, -0.05) is 48.8 Å². The number of carbonyl (C=O) groups is 1. The molecule has 1 N–H and O–H groups in total. The Balaban J connectivity index is 2.01. The molecule has 9 heteroatoms. The van der Waals surface area contributed by atoms with Crippen molar-refractivity contribution in [3.8, 4) is 11.5 Å². The van der Waals surface area contributed by atoms with E-state index in [0.29, 0.717) is 45.7 Å². The third-order valence-corrected chi connectivity index (χ3v) is 6.09. The maximum atomic E-state index is 13.4. The van der Waals surface area contributed by atoms with Crippen LogP contribution in [0, 0.1) is 0 Å². The van der Waals surface area contributed by atoms with E-state index >= 15 is 0 Å². The number of halogens is 1. The van der Waals surface area contributed by atoms with Gasteiger partial charge in [-0.15, -0.1) is 0 Å². The molecule has 0 saturated carbocycles. The van der Waals surface area contributed by atoms with Crippen molar-refractivity contribution in [3.63, 3.8) is 0 Å². The number of hydrogen-bond donors (Lipinski definition) is 1. The van der Waals surface area contributed by atoms with E-state index in [1.54, 1.807) is 28.8 Å². The van der Waals surface area contributed by atoms with Crippen molar-refractivity contribution < 1.29 is 14.3 Å². The van der Waals surface area contributed by atoms with Crippen molar-refractivity contribution >= 4 is 40.2 Å². The molecule has 0 fully saturated rings. The molecule has 170 valence electrons. The summed E-state index contributed by atoms with van der Waals surface area (Å²) in [5.41, 5.74) is 1.15. The molecule has 32 heavy (non-hydrogen) atoms. The average molecular weight is 476 g/mol. The number of rotatable bonds is 10. The number of benzene rings is 2. The second-order valence-corrected chi connectivity index (χ2v) is 8.51. The highest BCUT2D eigenvalue weighted by Gasteiger charge is 2.17. The summed E-state index contributed by atoms with van der Waals surface area (Å²) in [5.74, 6) is 1.00. The minimum absolute atomic E-state index is 0.0943. The molecule has 1 aromatic heterocycles. The summed E-state index contributed by atoms with van der Waals surface area (Å²) >= 11 is 7.23. The highest BCUT2D eigenvalue weighted by Crippen LogP contribution is 2.31. The Morgan fingerprint density at radius 2 is 1.84 bits per heavy atom. The van der Waals surface area contributed by atoms with Crippen molar-refractivity contribution in [1.29, 1.82) is 0 Å². The van der Waals surface area contributed by atoms with Gasteiger partial charge in [0.15, 0.2) is 16.7 Å². The Labute approximate surface area is 196 Å². The van der Waals surface area contributed by atoms with Crippen molar-refractivity contribution in [3.05, 3.63) is 57.3 Å². The van der Waals surface area contributed by atoms with Crippen LogP contribution in [0.15, 0.2) is 46.3 Å². The number of nitrogens with zero attached hydrogens (tertiary/aromatic N) is 2. The van der Waals surface area contributed by atoms with E-state index in [4.69, 9.17) is 21.1 Å². The Bertz CT molecular complexity index is 1150. The second-order valence-electron chi connectivity index (χ2n) is 7.13. The molecule has 0 radical (unpaired) electrons. The second kappa shape index (κ2) is 11.2. The van der Waals surface area contributed by atoms with Crippen LogP contribution in [0.3, 0.4) is 0 Å². The standard InChI is InChI=1S/C23H26ClN3O4S/c1-4-5-10-25-21(28)14-32-23-26-18-12-20(31-3)19(30-2)11-17(18)22(29)27(23)13-15-6-8-16(24)9-7-15/h6-9,11-12H,4-5,10,13-14H2,1-3H3,(H,25,28). The normalized spacial score (nSPS) is 10.9. The molecule has 2 aromatic carbocycles. The molecule has 0 atom stereocenters. The first kappa shape index (κ1) is 23.9. The largest absolute Gasteiger partial charge is 0.493 e. The summed E-state index contributed by atoms with van der Waals surface area (Å²) < 4.78 is 12.3. The van der Waals surface area contributed by atoms with Crippen LogP contribution in [-0.2, 0) is 11.3 Å². The van der Waals surface area contributed by atoms with E-state index in [-0.39, 0.29) is 17.2 Å². The summed E-state index contributed by atoms with van der Waals surface area (Å²) in [6.07, 6.45) is 1.93. The van der Waals surface area contributed by atoms with E-state index in [9.17, 15) is 9.59 Å². The number of methoxy groups -OCH3 is 2. The van der Waals surface area contributed by atoms with Gasteiger partial charge in [0.2, 0.25) is 5.91 Å². The Kier molecular flexibility index (Phi) is 8.41. The number of ether oxygens (including phenoxy) is 2. The van der Waals surface area contributed by atoms with E-state index in [1.807, 2.05) is 12.1 Å². The van der Waals surface area contributed by atoms with Crippen LogP contribution in [0.2, 0.25) is 5.02 Å². The van der Waals surface area contributed by atoms with E-state index in [0.717, 1.165) is 18.4 Å². The van der Waals surface area contributed by atoms with Crippen LogP contribution < -0.4 is 20.3 Å². The number of fused-ring (bicyclic) bond motifs is 1. The SMILES string of the molecule is CCCCNC(=O)CSc1nc2cc(OC)c(OC)cc2c(=O)n1Cc1ccc(Cl)cc1. The lowest BCUT2D eigenvalue weighted by Gasteiger charge is -2.15. The number of hydrogen-bond acceptors (Lipinski definition) is 6. The number of aromatic nitrogens is 2. The number of amides is 1. The minimum Gasteiger partial charge on any atom is -0.493 e. The monoisotopic (exact) mass is 475 g/mol. The first-order valence-electron chi connectivity index (χ1n) is 10.3. The molecule has 0 aliphatic heterocycles. The lowest BCUT2D eigenvalue weighted by molar-refractivity contribution is -0.118. The summed E-state index contributed by atoms with van der Waals surface area (Å²) in [7, 11) is 3.05. The van der Waals surface area contributed by atoms with Gasteiger partial charge in [0.05, 0.1) is 37.4 Å². The molecule has 0 unspecified atom stereocenters. The summed E-state index contributed by atoms with van der Waals surface area (Å²) in [6, 6.07) is 10.6. The van der Waals surface area contributed by atoms with Gasteiger partial charge in [0, 0.05) is 17.6 Å². The van der Waals surface area contributed by atoms with Crippen LogP contribution in [0.5, 0.6) is 11.5 Å². The van der Waals surface area contributed by atoms with Gasteiger partial charge in [0.25, 0.3) is 5.56 Å². The maximum absolute atomic E-state index is 13.4. The van der Waals surface area contributed by atoms with Crippen LogP contribution >= 0.6 is 23.4 Å². The van der Waals surface area contributed by atoms with Crippen molar-refractivity contribution in [1.82, 2.24) is 14.9 Å². The predicted molar refractivity (Wildman–Crippen MR) is 128 cm³/mol. The Hall–Kier alpha value is -2.71. The topological polar surface area (TPSA) is 82.5 Å². The zero-order valence-corrected chi connectivity index (χ0v) is 19.9. The molecule has 1 heterocycles. The van der Waals surface area contributed by atoms with Crippen LogP contribution in [0.25, 0.3) is 10.9 Å². The van der Waals surface area contributed by atoms with Crippen molar-refractivity contribution in [2.75, 3.05) is 26.5 Å². The molecule has 3 aromatic rings. The lowest BCUT2D eigenvalue weighted by Crippen LogP contribution is -2.28. The number of unbranched alkanes of at least 4 members (excludes halogenated alkanes) is 1. The summed E-state index contributed by atoms with van der Waals surface area (Å²) in [5, 5.41) is 4.37. The highest BCUT2D eigenvalue weighted by atomic mass is 35.5. The van der Waals surface area contributed by atoms with Crippen LogP contribution in [0.4, 0.5) is 0 Å². The fourth-order valence-electron chi connectivity index (χ4n) is 3.14. The molecule has 0 bridgehead atoms. The molecule has 0 saturated heterocycles. The quantitative estimate of drug-likeness (QED) is 0.270. The van der Waals surface area contributed by atoms with Crippen molar-refractivity contribution in [2.24, 2.45) is 0 Å². The lowest BCUT2D eigenvalue weighted by atomic mass is 10.2. The molecular weight excluding hydrogens is 450 g/mol. The number of nitrogens with one attached hydrogen (secondary N) is 1. The smallest absolute Gasteiger partial charge is 0.262 e. The number of carbonyl (C=O) groups excluding carboxylic acids is 1. The molecule has 7 nitrogen and oxygen atoms in total. The fourth-order valence-corrected chi connectivity index (χ4v) is 4.09. The Morgan fingerprint density at radius 3 is 2.50 bits per heavy atom. The molecule has 3 rings (SSSR count). The Morgan fingerprint density at radius 1 is 1.16 bits per heavy atom. The van der Waals surface area contributed by atoms with Gasteiger partial charge in [-0.05, 0) is 30.2 Å². The molecular formula is C23H26ClN3O4S. The number of thioether (sulfide) groups is 1. The molecule has 0 aliphatic rings. The van der Waals surface area contributed by atoms with Gasteiger partial charge in [0.1, 0.15) is 0 Å². The molecule has 1 amide bonds. The predicted octanol–water partition coefficient (Wildman–Crippen LogP) is 4.12. The van der Waals surface area contributed by atoms with Crippen LogP contribution in [0.1, 0.15) is 25.3 Å². The summed E-state index contributed by atoms with van der Waals surface area (Å²) in [6.45, 7) is 3.00. The van der Waals surface area contributed by atoms with Gasteiger partial charge < -0.3 is 14.8 Å². The van der Waals surface area contributed by atoms with E-state index in [2.05, 4.69) is 17.2 Å². The van der Waals surface area contributed by atoms with E-state index in [1.165, 1.54) is 26.0 Å². The van der Waals surface area contributed by atoms with E-state index < -0.39 is 0 Å². The minimum atomic E-state index is -0.222. The fraction of sp³-hybridized carbons (Fsp3) is 0.348.